The highest BCUT2D eigenvalue weighted by Crippen LogP contribution is 2.29. The SMILES string of the molecule is Cc1ccccc1N(CCC(=O)O)C(=O)C(F)(F)C(F)F. The van der Waals surface area contributed by atoms with Crippen LogP contribution in [0.1, 0.15) is 12.0 Å². The lowest BCUT2D eigenvalue weighted by Gasteiger charge is -2.27. The van der Waals surface area contributed by atoms with E-state index < -0.39 is 37.2 Å². The molecule has 0 aromatic heterocycles. The molecule has 8 heteroatoms. The molecule has 0 heterocycles. The second-order valence-electron chi connectivity index (χ2n) is 4.31. The molecule has 0 fully saturated rings. The van der Waals surface area contributed by atoms with E-state index in [1.165, 1.54) is 25.1 Å². The van der Waals surface area contributed by atoms with Crippen molar-refractivity contribution in [3.05, 3.63) is 29.8 Å². The maximum Gasteiger partial charge on any atom is 0.384 e. The number of hydrogen-bond acceptors (Lipinski definition) is 2. The summed E-state index contributed by atoms with van der Waals surface area (Å²) in [6.07, 6.45) is -4.80. The number of aliphatic carboxylic acids is 1. The predicted molar refractivity (Wildman–Crippen MR) is 66.7 cm³/mol. The molecule has 0 aliphatic rings. The minimum Gasteiger partial charge on any atom is -0.481 e. The van der Waals surface area contributed by atoms with Gasteiger partial charge in [-0.05, 0) is 18.6 Å². The number of aryl methyl sites for hydroxylation is 1. The molecule has 0 saturated heterocycles. The molecule has 1 aromatic carbocycles. The monoisotopic (exact) mass is 307 g/mol. The van der Waals surface area contributed by atoms with Gasteiger partial charge < -0.3 is 10.0 Å². The lowest BCUT2D eigenvalue weighted by Crippen LogP contribution is -2.48. The molecule has 0 radical (unpaired) electrons. The number of benzene rings is 1. The summed E-state index contributed by atoms with van der Waals surface area (Å²) >= 11 is 0. The van der Waals surface area contributed by atoms with Gasteiger partial charge in [-0.1, -0.05) is 18.2 Å². The second kappa shape index (κ2) is 6.55. The molecule has 4 nitrogen and oxygen atoms in total. The number of carboxylic acids is 1. The zero-order valence-electron chi connectivity index (χ0n) is 11.0. The number of carbonyl (C=O) groups is 2. The zero-order valence-corrected chi connectivity index (χ0v) is 11.0. The largest absolute Gasteiger partial charge is 0.481 e. The summed E-state index contributed by atoms with van der Waals surface area (Å²) < 4.78 is 51.1. The number of hydrogen-bond donors (Lipinski definition) is 1. The molecule has 0 saturated carbocycles. The van der Waals surface area contributed by atoms with E-state index in [2.05, 4.69) is 0 Å². The summed E-state index contributed by atoms with van der Waals surface area (Å²) in [5.74, 6) is -8.32. The van der Waals surface area contributed by atoms with Gasteiger partial charge in [0.05, 0.1) is 6.42 Å². The molecule has 1 amide bonds. The van der Waals surface area contributed by atoms with Crippen LogP contribution >= 0.6 is 0 Å². The standard InChI is InChI=1S/C13H13F4NO3/c1-8-4-2-3-5-9(8)18(7-6-10(19)20)12(21)13(16,17)11(14)15/h2-5,11H,6-7H2,1H3,(H,19,20). The quantitative estimate of drug-likeness (QED) is 0.822. The van der Waals surface area contributed by atoms with E-state index in [4.69, 9.17) is 5.11 Å². The molecule has 0 spiro atoms. The first-order valence-electron chi connectivity index (χ1n) is 5.93. The van der Waals surface area contributed by atoms with Gasteiger partial charge in [-0.25, -0.2) is 8.78 Å². The number of carboxylic acid groups (broad SMARTS) is 1. The van der Waals surface area contributed by atoms with Crippen molar-refractivity contribution in [3.8, 4) is 0 Å². The van der Waals surface area contributed by atoms with Gasteiger partial charge in [0, 0.05) is 12.2 Å². The Hall–Kier alpha value is -2.12. The first kappa shape index (κ1) is 16.9. The first-order valence-corrected chi connectivity index (χ1v) is 5.93. The van der Waals surface area contributed by atoms with Crippen molar-refractivity contribution in [2.24, 2.45) is 0 Å². The Kier molecular flexibility index (Phi) is 5.28. The van der Waals surface area contributed by atoms with Crippen LogP contribution < -0.4 is 4.90 Å². The minimum atomic E-state index is -4.87. The lowest BCUT2D eigenvalue weighted by atomic mass is 10.1. The summed E-state index contributed by atoms with van der Waals surface area (Å²) in [6.45, 7) is 0.873. The number of anilines is 1. The molecule has 0 bridgehead atoms. The van der Waals surface area contributed by atoms with Crippen molar-refractivity contribution >= 4 is 17.6 Å². The zero-order chi connectivity index (χ0) is 16.2. The van der Waals surface area contributed by atoms with Crippen LogP contribution in [0.4, 0.5) is 23.2 Å². The highest BCUT2D eigenvalue weighted by molar-refractivity contribution is 5.99. The van der Waals surface area contributed by atoms with Gasteiger partial charge in [-0.2, -0.15) is 8.78 Å². The molecule has 116 valence electrons. The third-order valence-electron chi connectivity index (χ3n) is 2.76. The fraction of sp³-hybridized carbons (Fsp3) is 0.385. The average molecular weight is 307 g/mol. The van der Waals surface area contributed by atoms with Gasteiger partial charge in [-0.3, -0.25) is 9.59 Å². The molecule has 0 atom stereocenters. The van der Waals surface area contributed by atoms with Crippen molar-refractivity contribution in [2.75, 3.05) is 11.4 Å². The van der Waals surface area contributed by atoms with Crippen LogP contribution in [0.5, 0.6) is 0 Å². The lowest BCUT2D eigenvalue weighted by molar-refractivity contribution is -0.166. The van der Waals surface area contributed by atoms with Crippen LogP contribution in [0.25, 0.3) is 0 Å². The molecule has 21 heavy (non-hydrogen) atoms. The summed E-state index contributed by atoms with van der Waals surface area (Å²) in [4.78, 5) is 22.6. The number of para-hydroxylation sites is 1. The van der Waals surface area contributed by atoms with Crippen LogP contribution in [0, 0.1) is 6.92 Å². The van der Waals surface area contributed by atoms with E-state index in [-0.39, 0.29) is 5.69 Å². The third kappa shape index (κ3) is 3.93. The molecular formula is C13H13F4NO3. The summed E-state index contributed by atoms with van der Waals surface area (Å²) in [7, 11) is 0. The van der Waals surface area contributed by atoms with Crippen LogP contribution in [-0.4, -0.2) is 35.9 Å². The van der Waals surface area contributed by atoms with E-state index in [1.807, 2.05) is 0 Å². The number of halogens is 4. The third-order valence-corrected chi connectivity index (χ3v) is 2.76. The normalized spacial score (nSPS) is 11.5. The van der Waals surface area contributed by atoms with Crippen molar-refractivity contribution in [2.45, 2.75) is 25.7 Å². The maximum absolute atomic E-state index is 13.2. The summed E-state index contributed by atoms with van der Waals surface area (Å²) in [5.41, 5.74) is 0.366. The Morgan fingerprint density at radius 2 is 1.86 bits per heavy atom. The van der Waals surface area contributed by atoms with E-state index >= 15 is 0 Å². The smallest absolute Gasteiger partial charge is 0.384 e. The van der Waals surface area contributed by atoms with Crippen LogP contribution in [0.15, 0.2) is 24.3 Å². The van der Waals surface area contributed by atoms with Crippen LogP contribution in [-0.2, 0) is 9.59 Å². The number of carbonyl (C=O) groups excluding carboxylic acids is 1. The minimum absolute atomic E-state index is 0.0240. The molecule has 0 aliphatic heterocycles. The van der Waals surface area contributed by atoms with Crippen molar-refractivity contribution in [1.82, 2.24) is 0 Å². The van der Waals surface area contributed by atoms with Crippen molar-refractivity contribution < 1.29 is 32.3 Å². The van der Waals surface area contributed by atoms with Crippen LogP contribution in [0.2, 0.25) is 0 Å². The van der Waals surface area contributed by atoms with Gasteiger partial charge in [0.1, 0.15) is 0 Å². The Bertz CT molecular complexity index is 534. The molecular weight excluding hydrogens is 294 g/mol. The Morgan fingerprint density at radius 1 is 1.29 bits per heavy atom. The Balaban J connectivity index is 3.17. The van der Waals surface area contributed by atoms with Gasteiger partial charge >= 0.3 is 24.2 Å². The summed E-state index contributed by atoms with van der Waals surface area (Å²) in [5, 5.41) is 8.60. The van der Waals surface area contributed by atoms with Crippen LogP contribution in [0.3, 0.4) is 0 Å². The van der Waals surface area contributed by atoms with Gasteiger partial charge in [0.15, 0.2) is 0 Å². The Labute approximate surface area is 118 Å². The first-order chi connectivity index (χ1) is 9.67. The molecule has 0 unspecified atom stereocenters. The molecule has 1 rings (SSSR count). The number of amides is 1. The number of nitrogens with zero attached hydrogens (tertiary/aromatic N) is 1. The average Bonchev–Trinajstić information content (AvgIpc) is 2.40. The highest BCUT2D eigenvalue weighted by atomic mass is 19.3. The number of rotatable bonds is 6. The van der Waals surface area contributed by atoms with Crippen molar-refractivity contribution in [1.29, 1.82) is 0 Å². The van der Waals surface area contributed by atoms with E-state index in [0.717, 1.165) is 0 Å². The topological polar surface area (TPSA) is 57.6 Å². The van der Waals surface area contributed by atoms with Crippen molar-refractivity contribution in [3.63, 3.8) is 0 Å². The van der Waals surface area contributed by atoms with Gasteiger partial charge in [-0.15, -0.1) is 0 Å². The predicted octanol–water partition coefficient (Wildman–Crippen LogP) is 2.70. The molecule has 0 aliphatic carbocycles. The van der Waals surface area contributed by atoms with Gasteiger partial charge in [0.2, 0.25) is 0 Å². The maximum atomic E-state index is 13.2. The Morgan fingerprint density at radius 3 is 2.33 bits per heavy atom. The molecule has 1 N–H and O–H groups in total. The van der Waals surface area contributed by atoms with E-state index in [0.29, 0.717) is 10.5 Å². The van der Waals surface area contributed by atoms with E-state index in [1.54, 1.807) is 6.07 Å². The fourth-order valence-electron chi connectivity index (χ4n) is 1.68. The fourth-order valence-corrected chi connectivity index (χ4v) is 1.68. The number of alkyl halides is 4. The van der Waals surface area contributed by atoms with E-state index in [9.17, 15) is 27.2 Å². The second-order valence-corrected chi connectivity index (χ2v) is 4.31. The molecule has 1 aromatic rings. The highest BCUT2D eigenvalue weighted by Gasteiger charge is 2.51. The summed E-state index contributed by atoms with van der Waals surface area (Å²) in [6, 6.07) is 5.79. The van der Waals surface area contributed by atoms with Gasteiger partial charge in [0.25, 0.3) is 0 Å².